The van der Waals surface area contributed by atoms with Gasteiger partial charge in [-0.3, -0.25) is 14.4 Å². The Morgan fingerprint density at radius 2 is 1.76 bits per heavy atom. The van der Waals surface area contributed by atoms with Crippen molar-refractivity contribution in [3.05, 3.63) is 106 Å². The minimum atomic E-state index is -1.19. The number of rotatable bonds is 9. The first-order chi connectivity index (χ1) is 17.8. The molecule has 0 radical (unpaired) electrons. The molecule has 0 unspecified atom stereocenters. The molecular weight excluding hydrogens is 499 g/mol. The first-order valence-electron chi connectivity index (χ1n) is 11.8. The predicted molar refractivity (Wildman–Crippen MR) is 135 cm³/mol. The van der Waals surface area contributed by atoms with Gasteiger partial charge in [0.2, 0.25) is 5.91 Å². The van der Waals surface area contributed by atoms with Crippen molar-refractivity contribution in [1.82, 2.24) is 9.80 Å². The smallest absolute Gasteiger partial charge is 0.323 e. The van der Waals surface area contributed by atoms with E-state index in [9.17, 15) is 23.9 Å². The average Bonchev–Trinajstić information content (AvgIpc) is 2.87. The molecule has 3 aromatic rings. The molecule has 0 aliphatic carbocycles. The molecule has 3 aromatic carbocycles. The summed E-state index contributed by atoms with van der Waals surface area (Å²) in [5.74, 6) is -2.46. The van der Waals surface area contributed by atoms with Crippen LogP contribution < -0.4 is 0 Å². The van der Waals surface area contributed by atoms with E-state index in [1.165, 1.54) is 17.0 Å². The zero-order valence-corrected chi connectivity index (χ0v) is 20.7. The average molecular weight is 525 g/mol. The molecule has 1 fully saturated rings. The molecular formula is C28H26ClFN2O5. The molecule has 1 saturated heterocycles. The van der Waals surface area contributed by atoms with Crippen LogP contribution >= 0.6 is 11.6 Å². The van der Waals surface area contributed by atoms with Crippen molar-refractivity contribution >= 4 is 29.4 Å². The summed E-state index contributed by atoms with van der Waals surface area (Å²) in [6, 6.07) is 21.3. The highest BCUT2D eigenvalue weighted by atomic mass is 35.5. The Hall–Kier alpha value is -3.75. The third-order valence-corrected chi connectivity index (χ3v) is 6.39. The SMILES string of the molecule is O=C(O)CN(CCc1cccc(F)c1)C(=O)[C@H]1OCC(=O)N(Cc2cccc(Cl)c2)[C@@H]1c1ccccc1. The Morgan fingerprint density at radius 3 is 2.46 bits per heavy atom. The molecule has 37 heavy (non-hydrogen) atoms. The fourth-order valence-electron chi connectivity index (χ4n) is 4.45. The molecule has 0 aromatic heterocycles. The van der Waals surface area contributed by atoms with Crippen LogP contribution in [0.3, 0.4) is 0 Å². The number of nitrogens with zero attached hydrogens (tertiary/aromatic N) is 2. The lowest BCUT2D eigenvalue weighted by Gasteiger charge is -2.42. The van der Waals surface area contributed by atoms with Gasteiger partial charge in [0, 0.05) is 18.1 Å². The van der Waals surface area contributed by atoms with Gasteiger partial charge in [-0.1, -0.05) is 66.2 Å². The standard InChI is InChI=1S/C28H26ClFN2O5/c29-22-10-4-7-20(14-22)16-32-24(33)18-37-27(26(32)21-8-2-1-3-9-21)28(36)31(17-25(34)35)13-12-19-6-5-11-23(30)15-19/h1-11,14-15,26-27H,12-13,16-18H2,(H,34,35)/t26-,27+/m1/s1. The number of amides is 2. The fourth-order valence-corrected chi connectivity index (χ4v) is 4.66. The van der Waals surface area contributed by atoms with Crippen LogP contribution in [0.15, 0.2) is 78.9 Å². The maximum Gasteiger partial charge on any atom is 0.323 e. The lowest BCUT2D eigenvalue weighted by atomic mass is 9.95. The van der Waals surface area contributed by atoms with Crippen molar-refractivity contribution in [3.8, 4) is 0 Å². The number of halogens is 2. The molecule has 2 atom stereocenters. The summed E-state index contributed by atoms with van der Waals surface area (Å²) in [5.41, 5.74) is 2.09. The van der Waals surface area contributed by atoms with Crippen molar-refractivity contribution in [2.24, 2.45) is 0 Å². The minimum absolute atomic E-state index is 0.0399. The molecule has 2 amide bonds. The third kappa shape index (κ3) is 6.72. The lowest BCUT2D eigenvalue weighted by Crippen LogP contribution is -2.55. The Kier molecular flexibility index (Phi) is 8.53. The van der Waals surface area contributed by atoms with Gasteiger partial charge in [-0.2, -0.15) is 0 Å². The van der Waals surface area contributed by atoms with E-state index in [4.69, 9.17) is 16.3 Å². The van der Waals surface area contributed by atoms with E-state index in [1.807, 2.05) is 12.1 Å². The quantitative estimate of drug-likeness (QED) is 0.455. The Balaban J connectivity index is 1.64. The summed E-state index contributed by atoms with van der Waals surface area (Å²) in [4.78, 5) is 41.2. The van der Waals surface area contributed by atoms with Crippen molar-refractivity contribution in [1.29, 1.82) is 0 Å². The fraction of sp³-hybridized carbons (Fsp3) is 0.250. The highest BCUT2D eigenvalue weighted by Gasteiger charge is 2.43. The highest BCUT2D eigenvalue weighted by molar-refractivity contribution is 6.30. The molecule has 0 spiro atoms. The van der Waals surface area contributed by atoms with Crippen molar-refractivity contribution in [2.45, 2.75) is 25.1 Å². The predicted octanol–water partition coefficient (Wildman–Crippen LogP) is 4.10. The van der Waals surface area contributed by atoms with Crippen molar-refractivity contribution < 1.29 is 28.6 Å². The second-order valence-electron chi connectivity index (χ2n) is 8.77. The van der Waals surface area contributed by atoms with E-state index < -0.39 is 36.4 Å². The number of carbonyl (C=O) groups excluding carboxylic acids is 2. The van der Waals surface area contributed by atoms with E-state index in [2.05, 4.69) is 0 Å². The maximum atomic E-state index is 13.8. The first kappa shape index (κ1) is 26.3. The second kappa shape index (κ2) is 12.0. The monoisotopic (exact) mass is 524 g/mol. The highest BCUT2D eigenvalue weighted by Crippen LogP contribution is 2.33. The van der Waals surface area contributed by atoms with Crippen LogP contribution in [0, 0.1) is 5.82 Å². The number of carbonyl (C=O) groups is 3. The topological polar surface area (TPSA) is 87.1 Å². The van der Waals surface area contributed by atoms with Gasteiger partial charge in [0.25, 0.3) is 5.91 Å². The molecule has 192 valence electrons. The van der Waals surface area contributed by atoms with Gasteiger partial charge in [-0.15, -0.1) is 0 Å². The van der Waals surface area contributed by atoms with Gasteiger partial charge in [-0.05, 0) is 47.4 Å². The van der Waals surface area contributed by atoms with Crippen molar-refractivity contribution in [2.75, 3.05) is 19.7 Å². The van der Waals surface area contributed by atoms with E-state index in [-0.39, 0.29) is 32.0 Å². The molecule has 1 aliphatic heterocycles. The van der Waals surface area contributed by atoms with E-state index in [0.29, 0.717) is 16.1 Å². The summed E-state index contributed by atoms with van der Waals surface area (Å²) < 4.78 is 19.4. The number of hydrogen-bond acceptors (Lipinski definition) is 4. The van der Waals surface area contributed by atoms with Crippen LogP contribution in [0.2, 0.25) is 5.02 Å². The van der Waals surface area contributed by atoms with Gasteiger partial charge in [0.1, 0.15) is 19.0 Å². The summed E-state index contributed by atoms with van der Waals surface area (Å²) in [7, 11) is 0. The largest absolute Gasteiger partial charge is 0.480 e. The maximum absolute atomic E-state index is 13.8. The lowest BCUT2D eigenvalue weighted by molar-refractivity contribution is -0.171. The van der Waals surface area contributed by atoms with Gasteiger partial charge in [0.15, 0.2) is 6.10 Å². The normalized spacial score (nSPS) is 17.5. The Labute approximate surface area is 219 Å². The zero-order valence-electron chi connectivity index (χ0n) is 19.9. The molecule has 4 rings (SSSR count). The van der Waals surface area contributed by atoms with Crippen molar-refractivity contribution in [3.63, 3.8) is 0 Å². The third-order valence-electron chi connectivity index (χ3n) is 6.15. The first-order valence-corrected chi connectivity index (χ1v) is 12.1. The van der Waals surface area contributed by atoms with Gasteiger partial charge in [0.05, 0.1) is 6.04 Å². The summed E-state index contributed by atoms with van der Waals surface area (Å²) in [5, 5.41) is 10.0. The number of ether oxygens (including phenoxy) is 1. The molecule has 7 nitrogen and oxygen atoms in total. The van der Waals surface area contributed by atoms with Gasteiger partial charge >= 0.3 is 5.97 Å². The van der Waals surface area contributed by atoms with Crippen LogP contribution in [-0.2, 0) is 32.1 Å². The molecule has 1 heterocycles. The van der Waals surface area contributed by atoms with E-state index in [1.54, 1.807) is 59.5 Å². The number of aliphatic carboxylic acids is 1. The molecule has 0 bridgehead atoms. The second-order valence-corrected chi connectivity index (χ2v) is 9.21. The van der Waals surface area contributed by atoms with Crippen LogP contribution in [0.4, 0.5) is 4.39 Å². The number of carboxylic acid groups (broad SMARTS) is 1. The number of benzene rings is 3. The molecule has 9 heteroatoms. The number of carboxylic acids is 1. The number of morpholine rings is 1. The molecule has 0 saturated carbocycles. The zero-order chi connectivity index (χ0) is 26.4. The van der Waals surface area contributed by atoms with Gasteiger partial charge in [-0.25, -0.2) is 4.39 Å². The molecule has 1 N–H and O–H groups in total. The van der Waals surface area contributed by atoms with Crippen LogP contribution in [0.25, 0.3) is 0 Å². The van der Waals surface area contributed by atoms with Crippen LogP contribution in [0.1, 0.15) is 22.7 Å². The van der Waals surface area contributed by atoms with E-state index in [0.717, 1.165) is 5.56 Å². The minimum Gasteiger partial charge on any atom is -0.480 e. The summed E-state index contributed by atoms with van der Waals surface area (Å²) in [6.07, 6.45) is -0.879. The summed E-state index contributed by atoms with van der Waals surface area (Å²) >= 11 is 6.15. The summed E-state index contributed by atoms with van der Waals surface area (Å²) in [6.45, 7) is -0.657. The van der Waals surface area contributed by atoms with Gasteiger partial charge < -0.3 is 19.6 Å². The molecule has 1 aliphatic rings. The Morgan fingerprint density at radius 1 is 1.03 bits per heavy atom. The number of hydrogen-bond donors (Lipinski definition) is 1. The van der Waals surface area contributed by atoms with Crippen LogP contribution in [0.5, 0.6) is 0 Å². The van der Waals surface area contributed by atoms with Crippen LogP contribution in [-0.4, -0.2) is 58.5 Å². The van der Waals surface area contributed by atoms with E-state index >= 15 is 0 Å². The Bertz CT molecular complexity index is 1270.